The molecule has 2 fully saturated rings. The zero-order chi connectivity index (χ0) is 12.3. The van der Waals surface area contributed by atoms with Crippen molar-refractivity contribution in [2.45, 2.75) is 63.9 Å². The van der Waals surface area contributed by atoms with Gasteiger partial charge in [-0.2, -0.15) is 0 Å². The van der Waals surface area contributed by atoms with Crippen LogP contribution in [0.3, 0.4) is 0 Å². The van der Waals surface area contributed by atoms with Crippen LogP contribution in [0.2, 0.25) is 0 Å². The first kappa shape index (κ1) is 11.5. The van der Waals surface area contributed by atoms with E-state index in [1.165, 1.54) is 18.4 Å². The third kappa shape index (κ3) is 1.54. The first-order chi connectivity index (χ1) is 7.95. The Kier molecular flexibility index (Phi) is 2.34. The van der Waals surface area contributed by atoms with E-state index in [9.17, 15) is 0 Å². The van der Waals surface area contributed by atoms with E-state index in [1.807, 2.05) is 6.92 Å². The van der Waals surface area contributed by atoms with Crippen molar-refractivity contribution in [3.63, 3.8) is 0 Å². The van der Waals surface area contributed by atoms with Gasteiger partial charge in [0.05, 0.1) is 11.7 Å². The standard InChI is InChI=1S/C15H22O2/c1-10(2)15-8-7-14(4,17-15)12-6-5-11(3)9-13(12)16-15/h9,12-13H,1,5-8H2,2-4H3/t12-,13-,14+,15+/m1/s1. The average Bonchev–Trinajstić information content (AvgIpc) is 2.53. The van der Waals surface area contributed by atoms with Crippen LogP contribution in [0, 0.1) is 5.92 Å². The minimum Gasteiger partial charge on any atom is -0.339 e. The van der Waals surface area contributed by atoms with Gasteiger partial charge in [0.15, 0.2) is 5.79 Å². The van der Waals surface area contributed by atoms with Gasteiger partial charge in [-0.05, 0) is 45.6 Å². The third-order valence-corrected chi connectivity index (χ3v) is 4.80. The van der Waals surface area contributed by atoms with Crippen LogP contribution < -0.4 is 0 Å². The van der Waals surface area contributed by atoms with E-state index in [0.717, 1.165) is 18.4 Å². The second-order valence-corrected chi connectivity index (χ2v) is 6.19. The molecule has 0 saturated carbocycles. The molecule has 0 spiro atoms. The van der Waals surface area contributed by atoms with Crippen molar-refractivity contribution in [1.29, 1.82) is 0 Å². The molecule has 4 atom stereocenters. The van der Waals surface area contributed by atoms with E-state index in [-0.39, 0.29) is 11.7 Å². The Hall–Kier alpha value is -0.600. The maximum Gasteiger partial charge on any atom is 0.191 e. The highest BCUT2D eigenvalue weighted by molar-refractivity contribution is 5.20. The molecule has 2 saturated heterocycles. The van der Waals surface area contributed by atoms with E-state index in [2.05, 4.69) is 26.5 Å². The van der Waals surface area contributed by atoms with Gasteiger partial charge in [-0.25, -0.2) is 0 Å². The van der Waals surface area contributed by atoms with Gasteiger partial charge in [0.2, 0.25) is 0 Å². The van der Waals surface area contributed by atoms with Gasteiger partial charge in [-0.15, -0.1) is 0 Å². The Bertz CT molecular complexity index is 398. The fourth-order valence-corrected chi connectivity index (χ4v) is 3.65. The van der Waals surface area contributed by atoms with Crippen molar-refractivity contribution in [3.05, 3.63) is 23.8 Å². The summed E-state index contributed by atoms with van der Waals surface area (Å²) in [5.41, 5.74) is 2.45. The van der Waals surface area contributed by atoms with Gasteiger partial charge in [0.1, 0.15) is 0 Å². The van der Waals surface area contributed by atoms with Crippen molar-refractivity contribution in [1.82, 2.24) is 0 Å². The average molecular weight is 234 g/mol. The van der Waals surface area contributed by atoms with Gasteiger partial charge in [0.25, 0.3) is 0 Å². The summed E-state index contributed by atoms with van der Waals surface area (Å²) >= 11 is 0. The summed E-state index contributed by atoms with van der Waals surface area (Å²) in [7, 11) is 0. The van der Waals surface area contributed by atoms with E-state index in [1.54, 1.807) is 0 Å². The molecule has 3 aliphatic rings. The third-order valence-electron chi connectivity index (χ3n) is 4.80. The van der Waals surface area contributed by atoms with Gasteiger partial charge in [-0.3, -0.25) is 0 Å². The Morgan fingerprint density at radius 3 is 2.94 bits per heavy atom. The topological polar surface area (TPSA) is 18.5 Å². The molecule has 0 unspecified atom stereocenters. The van der Waals surface area contributed by atoms with Crippen molar-refractivity contribution >= 4 is 0 Å². The molecule has 0 aromatic carbocycles. The summed E-state index contributed by atoms with van der Waals surface area (Å²) in [6.45, 7) is 10.5. The highest BCUT2D eigenvalue weighted by Gasteiger charge is 2.59. The molecule has 2 nitrogen and oxygen atoms in total. The molecule has 2 bridgehead atoms. The van der Waals surface area contributed by atoms with E-state index >= 15 is 0 Å². The van der Waals surface area contributed by atoms with Crippen molar-refractivity contribution in [3.8, 4) is 0 Å². The van der Waals surface area contributed by atoms with Crippen LogP contribution >= 0.6 is 0 Å². The fraction of sp³-hybridized carbons (Fsp3) is 0.733. The molecule has 2 aliphatic heterocycles. The Morgan fingerprint density at radius 2 is 2.24 bits per heavy atom. The molecule has 0 radical (unpaired) electrons. The van der Waals surface area contributed by atoms with Crippen LogP contribution in [-0.4, -0.2) is 17.5 Å². The first-order valence-corrected chi connectivity index (χ1v) is 6.66. The zero-order valence-corrected chi connectivity index (χ0v) is 11.1. The molecule has 0 aromatic heterocycles. The molecule has 17 heavy (non-hydrogen) atoms. The number of hydrogen-bond acceptors (Lipinski definition) is 2. The number of fused-ring (bicyclic) bond motifs is 4. The molecule has 94 valence electrons. The van der Waals surface area contributed by atoms with Gasteiger partial charge < -0.3 is 9.47 Å². The van der Waals surface area contributed by atoms with Crippen LogP contribution in [0.5, 0.6) is 0 Å². The summed E-state index contributed by atoms with van der Waals surface area (Å²) in [5, 5.41) is 0. The van der Waals surface area contributed by atoms with Crippen LogP contribution in [0.15, 0.2) is 23.8 Å². The van der Waals surface area contributed by atoms with Crippen molar-refractivity contribution < 1.29 is 9.47 Å². The molecule has 3 rings (SSSR count). The predicted molar refractivity (Wildman–Crippen MR) is 67.6 cm³/mol. The second-order valence-electron chi connectivity index (χ2n) is 6.19. The number of rotatable bonds is 1. The summed E-state index contributed by atoms with van der Waals surface area (Å²) < 4.78 is 12.6. The number of allylic oxidation sites excluding steroid dienone is 1. The molecule has 0 aromatic rings. The molecular formula is C15H22O2. The maximum absolute atomic E-state index is 6.29. The minimum atomic E-state index is -0.510. The highest BCUT2D eigenvalue weighted by Crippen LogP contribution is 2.55. The number of hydrogen-bond donors (Lipinski definition) is 0. The Labute approximate surface area is 104 Å². The van der Waals surface area contributed by atoms with E-state index in [0.29, 0.717) is 5.92 Å². The number of ether oxygens (including phenoxy) is 2. The van der Waals surface area contributed by atoms with Crippen LogP contribution in [0.1, 0.15) is 46.5 Å². The molecule has 0 N–H and O–H groups in total. The lowest BCUT2D eigenvalue weighted by atomic mass is 9.76. The van der Waals surface area contributed by atoms with Gasteiger partial charge in [-0.1, -0.05) is 18.2 Å². The normalized spacial score (nSPS) is 48.5. The van der Waals surface area contributed by atoms with Crippen LogP contribution in [0.25, 0.3) is 0 Å². The first-order valence-electron chi connectivity index (χ1n) is 6.66. The smallest absolute Gasteiger partial charge is 0.191 e. The van der Waals surface area contributed by atoms with Crippen LogP contribution in [0.4, 0.5) is 0 Å². The van der Waals surface area contributed by atoms with E-state index in [4.69, 9.17) is 9.47 Å². The lowest BCUT2D eigenvalue weighted by Crippen LogP contribution is -2.54. The summed E-state index contributed by atoms with van der Waals surface area (Å²) in [4.78, 5) is 0. The monoisotopic (exact) mass is 234 g/mol. The highest BCUT2D eigenvalue weighted by atomic mass is 16.7. The molecule has 2 heterocycles. The Morgan fingerprint density at radius 1 is 1.47 bits per heavy atom. The summed E-state index contributed by atoms with van der Waals surface area (Å²) in [6, 6.07) is 0. The summed E-state index contributed by atoms with van der Waals surface area (Å²) in [6.07, 6.45) is 6.95. The lowest BCUT2D eigenvalue weighted by molar-refractivity contribution is -0.307. The molecule has 0 amide bonds. The SMILES string of the molecule is C=C(C)[C@]12CC[C@](C)(O1)[C@@H]1CCC(C)=C[C@H]1O2. The Balaban J connectivity index is 1.99. The molecule has 1 aliphatic carbocycles. The minimum absolute atomic E-state index is 0.0148. The lowest BCUT2D eigenvalue weighted by Gasteiger charge is -2.49. The van der Waals surface area contributed by atoms with Crippen molar-refractivity contribution in [2.75, 3.05) is 0 Å². The zero-order valence-electron chi connectivity index (χ0n) is 11.1. The predicted octanol–water partition coefficient (Wildman–Crippen LogP) is 3.58. The summed E-state index contributed by atoms with van der Waals surface area (Å²) in [5.74, 6) is 0.00509. The van der Waals surface area contributed by atoms with Gasteiger partial charge >= 0.3 is 0 Å². The second kappa shape index (κ2) is 3.46. The quantitative estimate of drug-likeness (QED) is 0.646. The maximum atomic E-state index is 6.29. The molecular weight excluding hydrogens is 212 g/mol. The fourth-order valence-electron chi connectivity index (χ4n) is 3.65. The van der Waals surface area contributed by atoms with Crippen LogP contribution in [-0.2, 0) is 9.47 Å². The molecule has 2 heteroatoms. The van der Waals surface area contributed by atoms with Gasteiger partial charge in [0, 0.05) is 12.3 Å². The van der Waals surface area contributed by atoms with E-state index < -0.39 is 5.79 Å². The largest absolute Gasteiger partial charge is 0.339 e. The van der Waals surface area contributed by atoms with Crippen molar-refractivity contribution in [2.24, 2.45) is 5.92 Å².